The third-order valence-corrected chi connectivity index (χ3v) is 0.513. The van der Waals surface area contributed by atoms with Crippen LogP contribution in [0.2, 0.25) is 0 Å². The van der Waals surface area contributed by atoms with Crippen LogP contribution in [-0.2, 0) is 4.74 Å². The van der Waals surface area contributed by atoms with Crippen LogP contribution in [0.3, 0.4) is 0 Å². The molecule has 0 saturated heterocycles. The molecule has 4 nitrogen and oxygen atoms in total. The zero-order valence-corrected chi connectivity index (χ0v) is 4.50. The van der Waals surface area contributed by atoms with E-state index in [1.165, 1.54) is 0 Å². The summed E-state index contributed by atoms with van der Waals surface area (Å²) in [5.41, 5.74) is 6.32. The van der Waals surface area contributed by atoms with Gasteiger partial charge in [-0.05, 0) is 0 Å². The lowest BCUT2D eigenvalue weighted by Gasteiger charge is -1.85. The van der Waals surface area contributed by atoms with Gasteiger partial charge in [0.2, 0.25) is 0 Å². The van der Waals surface area contributed by atoms with Crippen molar-refractivity contribution in [2.75, 3.05) is 19.9 Å². The van der Waals surface area contributed by atoms with Gasteiger partial charge in [-0.2, -0.15) is 5.11 Å². The van der Waals surface area contributed by atoms with E-state index in [4.69, 9.17) is 16.8 Å². The number of nitrogens with one attached hydrogen (secondary N) is 1. The van der Waals surface area contributed by atoms with Crippen molar-refractivity contribution in [3.05, 3.63) is 4.85 Å². The monoisotopic (exact) mass is 114 g/mol. The number of nitrogens with zero attached hydrogens (tertiary/aromatic N) is 2. The number of hydrogen-bond acceptors (Lipinski definition) is 3. The summed E-state index contributed by atoms with van der Waals surface area (Å²) in [5, 5.41) is 3.05. The SMILES string of the molecule is C#[N+]COCCN=N. The first kappa shape index (κ1) is 7.05. The van der Waals surface area contributed by atoms with Crippen LogP contribution >= 0.6 is 0 Å². The average Bonchev–Trinajstić information content (AvgIpc) is 1.81. The van der Waals surface area contributed by atoms with Crippen LogP contribution in [0.25, 0.3) is 4.85 Å². The van der Waals surface area contributed by atoms with Gasteiger partial charge < -0.3 is 4.74 Å². The van der Waals surface area contributed by atoms with Crippen molar-refractivity contribution in [1.29, 1.82) is 5.53 Å². The minimum absolute atomic E-state index is 0.190. The second kappa shape index (κ2) is 6.05. The van der Waals surface area contributed by atoms with E-state index >= 15 is 0 Å². The lowest BCUT2D eigenvalue weighted by molar-refractivity contribution is 0.168. The van der Waals surface area contributed by atoms with Crippen LogP contribution < -0.4 is 0 Å². The van der Waals surface area contributed by atoms with E-state index in [1.54, 1.807) is 0 Å². The minimum Gasteiger partial charge on any atom is -0.308 e. The Morgan fingerprint density at radius 3 is 3.00 bits per heavy atom. The predicted octanol–water partition coefficient (Wildman–Crippen LogP) is 0.954. The number of ether oxygens (including phenoxy) is 1. The Kier molecular flexibility index (Phi) is 5.33. The van der Waals surface area contributed by atoms with Crippen molar-refractivity contribution in [2.45, 2.75) is 0 Å². The van der Waals surface area contributed by atoms with Crippen molar-refractivity contribution in [1.82, 2.24) is 0 Å². The van der Waals surface area contributed by atoms with Crippen molar-refractivity contribution in [3.8, 4) is 6.57 Å². The van der Waals surface area contributed by atoms with Gasteiger partial charge in [0.1, 0.15) is 0 Å². The van der Waals surface area contributed by atoms with Gasteiger partial charge in [-0.15, -0.1) is 0 Å². The summed E-state index contributed by atoms with van der Waals surface area (Å²) in [6.07, 6.45) is 0. The highest BCUT2D eigenvalue weighted by Gasteiger charge is 1.86. The van der Waals surface area contributed by atoms with Crippen LogP contribution in [0.4, 0.5) is 0 Å². The molecular formula is C4H8N3O+. The van der Waals surface area contributed by atoms with Gasteiger partial charge in [0, 0.05) is 0 Å². The van der Waals surface area contributed by atoms with E-state index in [1.807, 2.05) is 0 Å². The smallest absolute Gasteiger partial charge is 0.308 e. The zero-order chi connectivity index (χ0) is 6.24. The Bertz CT molecular complexity index is 95.9. The lowest BCUT2D eigenvalue weighted by atomic mass is 10.7. The Balaban J connectivity index is 2.74. The molecule has 0 saturated carbocycles. The van der Waals surface area contributed by atoms with Crippen LogP contribution in [0.1, 0.15) is 0 Å². The molecule has 8 heavy (non-hydrogen) atoms. The van der Waals surface area contributed by atoms with Gasteiger partial charge in [0.05, 0.1) is 13.2 Å². The Morgan fingerprint density at radius 2 is 2.50 bits per heavy atom. The van der Waals surface area contributed by atoms with Crippen molar-refractivity contribution < 1.29 is 4.74 Å². The van der Waals surface area contributed by atoms with Gasteiger partial charge in [-0.25, -0.2) is 5.53 Å². The average molecular weight is 114 g/mol. The second-order valence-corrected chi connectivity index (χ2v) is 1.10. The highest BCUT2D eigenvalue weighted by Crippen LogP contribution is 1.74. The first-order chi connectivity index (χ1) is 3.91. The van der Waals surface area contributed by atoms with E-state index in [0.29, 0.717) is 13.2 Å². The third kappa shape index (κ3) is 5.05. The van der Waals surface area contributed by atoms with Crippen LogP contribution in [0.5, 0.6) is 0 Å². The summed E-state index contributed by atoms with van der Waals surface area (Å²) >= 11 is 0. The highest BCUT2D eigenvalue weighted by atomic mass is 16.5. The minimum atomic E-state index is 0.190. The molecule has 0 radical (unpaired) electrons. The molecule has 0 bridgehead atoms. The van der Waals surface area contributed by atoms with E-state index < -0.39 is 0 Å². The first-order valence-electron chi connectivity index (χ1n) is 2.19. The van der Waals surface area contributed by atoms with Crippen molar-refractivity contribution >= 4 is 0 Å². The normalized spacial score (nSPS) is 7.88. The van der Waals surface area contributed by atoms with Crippen molar-refractivity contribution in [2.24, 2.45) is 5.11 Å². The molecule has 0 atom stereocenters. The van der Waals surface area contributed by atoms with E-state index in [0.717, 1.165) is 0 Å². The zero-order valence-electron chi connectivity index (χ0n) is 4.50. The summed E-state index contributed by atoms with van der Waals surface area (Å²) in [4.78, 5) is 3.18. The van der Waals surface area contributed by atoms with Crippen LogP contribution in [-0.4, -0.2) is 19.9 Å². The van der Waals surface area contributed by atoms with E-state index in [2.05, 4.69) is 9.96 Å². The Morgan fingerprint density at radius 1 is 1.75 bits per heavy atom. The van der Waals surface area contributed by atoms with E-state index in [9.17, 15) is 0 Å². The molecule has 0 aromatic heterocycles. The summed E-state index contributed by atoms with van der Waals surface area (Å²) in [5.74, 6) is 0. The predicted molar refractivity (Wildman–Crippen MR) is 29.1 cm³/mol. The van der Waals surface area contributed by atoms with Gasteiger partial charge in [-0.3, -0.25) is 0 Å². The molecule has 4 heteroatoms. The topological polar surface area (TPSA) is 49.8 Å². The maximum atomic E-state index is 6.32. The number of rotatable bonds is 4. The molecule has 0 aromatic rings. The number of hydrogen-bond donors (Lipinski definition) is 1. The summed E-state index contributed by atoms with van der Waals surface area (Å²) < 4.78 is 4.72. The maximum Gasteiger partial charge on any atom is 0.367 e. The Hall–Kier alpha value is -0.950. The fourth-order valence-electron chi connectivity index (χ4n) is 0.227. The molecule has 0 aliphatic rings. The molecule has 0 rings (SSSR count). The summed E-state index contributed by atoms with van der Waals surface area (Å²) in [6.45, 7) is 5.73. The molecule has 0 unspecified atom stereocenters. The fourth-order valence-corrected chi connectivity index (χ4v) is 0.227. The molecular weight excluding hydrogens is 106 g/mol. The molecule has 0 fully saturated rings. The Labute approximate surface area is 47.8 Å². The van der Waals surface area contributed by atoms with Crippen LogP contribution in [0, 0.1) is 12.1 Å². The van der Waals surface area contributed by atoms with Crippen molar-refractivity contribution in [3.63, 3.8) is 0 Å². The lowest BCUT2D eigenvalue weighted by Crippen LogP contribution is -1.95. The maximum absolute atomic E-state index is 6.32. The first-order valence-corrected chi connectivity index (χ1v) is 2.19. The fraction of sp³-hybridized carbons (Fsp3) is 0.750. The molecule has 0 aliphatic heterocycles. The molecule has 44 valence electrons. The molecule has 1 N–H and O–H groups in total. The quantitative estimate of drug-likeness (QED) is 0.429. The van der Waals surface area contributed by atoms with Gasteiger partial charge in [0.25, 0.3) is 6.57 Å². The molecule has 0 spiro atoms. The van der Waals surface area contributed by atoms with Gasteiger partial charge >= 0.3 is 6.73 Å². The molecule has 0 amide bonds. The third-order valence-electron chi connectivity index (χ3n) is 0.513. The summed E-state index contributed by atoms with van der Waals surface area (Å²) in [6, 6.07) is 0. The van der Waals surface area contributed by atoms with Gasteiger partial charge in [0.15, 0.2) is 0 Å². The largest absolute Gasteiger partial charge is 0.367 e. The molecule has 0 aliphatic carbocycles. The molecule has 0 heterocycles. The second-order valence-electron chi connectivity index (χ2n) is 1.10. The van der Waals surface area contributed by atoms with E-state index in [-0.39, 0.29) is 6.73 Å². The highest BCUT2D eigenvalue weighted by molar-refractivity contribution is 4.56. The summed E-state index contributed by atoms with van der Waals surface area (Å²) in [7, 11) is 0. The molecule has 0 aromatic carbocycles. The standard InChI is InChI=1S/C4H8N3O/c1-6-4-8-3-2-7-5/h1,5H,2-4H2/q+1. The van der Waals surface area contributed by atoms with Gasteiger partial charge in [-0.1, -0.05) is 4.85 Å². The van der Waals surface area contributed by atoms with Crippen LogP contribution in [0.15, 0.2) is 5.11 Å².